The lowest BCUT2D eigenvalue weighted by molar-refractivity contribution is -0.129. The number of likely N-dealkylation sites (tertiary alicyclic amines) is 1. The maximum atomic E-state index is 12.1. The normalized spacial score (nSPS) is 14.3. The fourth-order valence-corrected chi connectivity index (χ4v) is 2.56. The monoisotopic (exact) mass is 298 g/mol. The molecule has 1 aromatic heterocycles. The average Bonchev–Trinajstić information content (AvgIpc) is 3.08. The number of amides is 2. The molecule has 6 nitrogen and oxygen atoms in total. The minimum absolute atomic E-state index is 0.0994. The third kappa shape index (κ3) is 3.21. The topological polar surface area (TPSA) is 75.2 Å². The summed E-state index contributed by atoms with van der Waals surface area (Å²) in [5.74, 6) is -0.199. The van der Waals surface area contributed by atoms with Gasteiger partial charge in [-0.25, -0.2) is 4.98 Å². The predicted molar refractivity (Wildman–Crippen MR) is 82.3 cm³/mol. The van der Waals surface area contributed by atoms with Crippen LogP contribution in [0.3, 0.4) is 0 Å². The van der Waals surface area contributed by atoms with Crippen LogP contribution in [-0.4, -0.2) is 46.3 Å². The Bertz CT molecular complexity index is 695. The van der Waals surface area contributed by atoms with E-state index in [1.807, 2.05) is 29.2 Å². The highest BCUT2D eigenvalue weighted by Crippen LogP contribution is 2.09. The summed E-state index contributed by atoms with van der Waals surface area (Å²) < 4.78 is 0. The maximum Gasteiger partial charge on any atom is 0.271 e. The van der Waals surface area contributed by atoms with Crippen molar-refractivity contribution in [3.8, 4) is 0 Å². The molecule has 1 aliphatic heterocycles. The van der Waals surface area contributed by atoms with Gasteiger partial charge in [-0.1, -0.05) is 12.1 Å². The number of hydrogen-bond donors (Lipinski definition) is 1. The number of benzene rings is 1. The van der Waals surface area contributed by atoms with Crippen LogP contribution in [-0.2, 0) is 4.79 Å². The van der Waals surface area contributed by atoms with Gasteiger partial charge in [0.25, 0.3) is 5.91 Å². The molecule has 114 valence electrons. The van der Waals surface area contributed by atoms with Crippen LogP contribution < -0.4 is 5.32 Å². The van der Waals surface area contributed by atoms with E-state index in [1.54, 1.807) is 0 Å². The van der Waals surface area contributed by atoms with E-state index in [0.29, 0.717) is 18.5 Å². The summed E-state index contributed by atoms with van der Waals surface area (Å²) in [6.07, 6.45) is 3.93. The second kappa shape index (κ2) is 6.51. The first kappa shape index (κ1) is 14.4. The lowest BCUT2D eigenvalue weighted by Crippen LogP contribution is -2.33. The van der Waals surface area contributed by atoms with E-state index in [9.17, 15) is 9.59 Å². The van der Waals surface area contributed by atoms with Crippen LogP contribution >= 0.6 is 0 Å². The summed E-state index contributed by atoms with van der Waals surface area (Å²) in [5, 5.41) is 2.73. The van der Waals surface area contributed by atoms with E-state index in [2.05, 4.69) is 15.3 Å². The fourth-order valence-electron chi connectivity index (χ4n) is 2.56. The molecular formula is C16H18N4O2. The largest absolute Gasteiger partial charge is 0.350 e. The summed E-state index contributed by atoms with van der Waals surface area (Å²) in [7, 11) is 0. The SMILES string of the molecule is O=C(NCCC(=O)N1CCCC1)c1cnc2ccccc2n1. The lowest BCUT2D eigenvalue weighted by Gasteiger charge is -2.15. The second-order valence-corrected chi connectivity index (χ2v) is 5.34. The van der Waals surface area contributed by atoms with Gasteiger partial charge in [0.05, 0.1) is 17.2 Å². The number of rotatable bonds is 4. The molecule has 1 aliphatic rings. The van der Waals surface area contributed by atoms with Crippen molar-refractivity contribution in [1.29, 1.82) is 0 Å². The molecule has 0 atom stereocenters. The van der Waals surface area contributed by atoms with Gasteiger partial charge in [0.15, 0.2) is 0 Å². The van der Waals surface area contributed by atoms with Crippen molar-refractivity contribution in [3.63, 3.8) is 0 Å². The molecule has 0 radical (unpaired) electrons. The third-order valence-corrected chi connectivity index (χ3v) is 3.76. The van der Waals surface area contributed by atoms with Crippen molar-refractivity contribution in [2.45, 2.75) is 19.3 Å². The standard InChI is InChI=1S/C16H18N4O2/c21-15(20-9-3-4-10-20)7-8-17-16(22)14-11-18-12-5-1-2-6-13(12)19-14/h1-2,5-6,11H,3-4,7-10H2,(H,17,22). The van der Waals surface area contributed by atoms with Gasteiger partial charge < -0.3 is 10.2 Å². The minimum Gasteiger partial charge on any atom is -0.350 e. The van der Waals surface area contributed by atoms with Crippen LogP contribution in [0.2, 0.25) is 0 Å². The highest BCUT2D eigenvalue weighted by Gasteiger charge is 2.17. The summed E-state index contributed by atoms with van der Waals surface area (Å²) >= 11 is 0. The first-order valence-corrected chi connectivity index (χ1v) is 7.52. The number of carbonyl (C=O) groups excluding carboxylic acids is 2. The van der Waals surface area contributed by atoms with Crippen LogP contribution in [0.25, 0.3) is 11.0 Å². The van der Waals surface area contributed by atoms with E-state index in [0.717, 1.165) is 31.4 Å². The molecule has 0 aliphatic carbocycles. The maximum absolute atomic E-state index is 12.1. The fraction of sp³-hybridized carbons (Fsp3) is 0.375. The van der Waals surface area contributed by atoms with Gasteiger partial charge in [-0.2, -0.15) is 0 Å². The van der Waals surface area contributed by atoms with Crippen molar-refractivity contribution in [1.82, 2.24) is 20.2 Å². The Morgan fingerprint density at radius 1 is 1.14 bits per heavy atom. The Balaban J connectivity index is 1.55. The number of nitrogens with one attached hydrogen (secondary N) is 1. The Labute approximate surface area is 128 Å². The summed E-state index contributed by atoms with van der Waals surface area (Å²) in [4.78, 5) is 34.3. The average molecular weight is 298 g/mol. The number of nitrogens with zero attached hydrogens (tertiary/aromatic N) is 3. The lowest BCUT2D eigenvalue weighted by atomic mass is 10.3. The van der Waals surface area contributed by atoms with E-state index >= 15 is 0 Å². The Kier molecular flexibility index (Phi) is 4.27. The molecule has 2 aromatic rings. The summed E-state index contributed by atoms with van der Waals surface area (Å²) in [5.41, 5.74) is 1.71. The van der Waals surface area contributed by atoms with E-state index < -0.39 is 0 Å². The van der Waals surface area contributed by atoms with Gasteiger partial charge in [-0.3, -0.25) is 14.6 Å². The van der Waals surface area contributed by atoms with Gasteiger partial charge in [-0.05, 0) is 25.0 Å². The predicted octanol–water partition coefficient (Wildman–Crippen LogP) is 1.37. The number of aromatic nitrogens is 2. The van der Waals surface area contributed by atoms with Crippen LogP contribution in [0.1, 0.15) is 29.8 Å². The van der Waals surface area contributed by atoms with Gasteiger partial charge in [-0.15, -0.1) is 0 Å². The molecule has 1 N–H and O–H groups in total. The van der Waals surface area contributed by atoms with Crippen LogP contribution in [0, 0.1) is 0 Å². The van der Waals surface area contributed by atoms with Gasteiger partial charge in [0, 0.05) is 26.1 Å². The van der Waals surface area contributed by atoms with Crippen molar-refractivity contribution in [2.24, 2.45) is 0 Å². The van der Waals surface area contributed by atoms with Crippen LogP contribution in [0.5, 0.6) is 0 Å². The molecule has 22 heavy (non-hydrogen) atoms. The first-order valence-electron chi connectivity index (χ1n) is 7.52. The number of para-hydroxylation sites is 2. The molecule has 2 amide bonds. The van der Waals surface area contributed by atoms with Crippen LogP contribution in [0.4, 0.5) is 0 Å². The molecule has 0 spiro atoms. The van der Waals surface area contributed by atoms with Gasteiger partial charge in [0.2, 0.25) is 5.91 Å². The molecule has 1 saturated heterocycles. The zero-order valence-electron chi connectivity index (χ0n) is 12.3. The molecule has 0 unspecified atom stereocenters. The van der Waals surface area contributed by atoms with Crippen molar-refractivity contribution < 1.29 is 9.59 Å². The van der Waals surface area contributed by atoms with E-state index in [-0.39, 0.29) is 17.5 Å². The quantitative estimate of drug-likeness (QED) is 0.925. The van der Waals surface area contributed by atoms with Crippen LogP contribution in [0.15, 0.2) is 30.5 Å². The Morgan fingerprint density at radius 2 is 1.86 bits per heavy atom. The molecule has 2 heterocycles. The molecule has 0 saturated carbocycles. The van der Waals surface area contributed by atoms with E-state index in [4.69, 9.17) is 0 Å². The number of hydrogen-bond acceptors (Lipinski definition) is 4. The first-order chi connectivity index (χ1) is 10.7. The smallest absolute Gasteiger partial charge is 0.271 e. The highest BCUT2D eigenvalue weighted by atomic mass is 16.2. The second-order valence-electron chi connectivity index (χ2n) is 5.34. The summed E-state index contributed by atoms with van der Waals surface area (Å²) in [6.45, 7) is 1.99. The zero-order chi connectivity index (χ0) is 15.4. The van der Waals surface area contributed by atoms with Gasteiger partial charge in [0.1, 0.15) is 5.69 Å². The summed E-state index contributed by atoms with van der Waals surface area (Å²) in [6, 6.07) is 7.39. The molecule has 1 fully saturated rings. The Morgan fingerprint density at radius 3 is 2.64 bits per heavy atom. The minimum atomic E-state index is -0.299. The van der Waals surface area contributed by atoms with Gasteiger partial charge >= 0.3 is 0 Å². The Hall–Kier alpha value is -2.50. The third-order valence-electron chi connectivity index (χ3n) is 3.76. The van der Waals surface area contributed by atoms with E-state index in [1.165, 1.54) is 6.20 Å². The highest BCUT2D eigenvalue weighted by molar-refractivity contribution is 5.94. The van der Waals surface area contributed by atoms with Crippen molar-refractivity contribution in [3.05, 3.63) is 36.2 Å². The molecular weight excluding hydrogens is 280 g/mol. The van der Waals surface area contributed by atoms with Crippen molar-refractivity contribution in [2.75, 3.05) is 19.6 Å². The molecule has 0 bridgehead atoms. The zero-order valence-corrected chi connectivity index (χ0v) is 12.3. The molecule has 1 aromatic carbocycles. The number of carbonyl (C=O) groups is 2. The molecule has 3 rings (SSSR count). The number of fused-ring (bicyclic) bond motifs is 1. The van der Waals surface area contributed by atoms with Crippen molar-refractivity contribution >= 4 is 22.8 Å². The molecule has 6 heteroatoms.